The zero-order valence-corrected chi connectivity index (χ0v) is 13.4. The second-order valence-corrected chi connectivity index (χ2v) is 6.11. The van der Waals surface area contributed by atoms with Gasteiger partial charge < -0.3 is 15.8 Å². The summed E-state index contributed by atoms with van der Waals surface area (Å²) in [5, 5.41) is 3.40. The predicted molar refractivity (Wildman–Crippen MR) is 87.8 cm³/mol. The molecule has 21 heavy (non-hydrogen) atoms. The third-order valence-electron chi connectivity index (χ3n) is 4.28. The summed E-state index contributed by atoms with van der Waals surface area (Å²) in [6, 6.07) is 8.44. The van der Waals surface area contributed by atoms with E-state index >= 15 is 0 Å². The standard InChI is InChI=1S/C17H29N3O/c1-3-11-21-16-6-4-5-15(12-16)13-17(2,14-18)20-9-7-19-8-10-20/h4-6,12,19H,3,7-11,13-14,18H2,1-2H3. The molecule has 0 radical (unpaired) electrons. The summed E-state index contributed by atoms with van der Waals surface area (Å²) in [5.41, 5.74) is 7.43. The highest BCUT2D eigenvalue weighted by Crippen LogP contribution is 2.23. The van der Waals surface area contributed by atoms with Gasteiger partial charge in [-0.15, -0.1) is 0 Å². The van der Waals surface area contributed by atoms with Gasteiger partial charge in [0.05, 0.1) is 6.61 Å². The summed E-state index contributed by atoms with van der Waals surface area (Å²) in [5.74, 6) is 0.967. The first-order valence-corrected chi connectivity index (χ1v) is 8.05. The van der Waals surface area contributed by atoms with E-state index in [0.29, 0.717) is 6.54 Å². The van der Waals surface area contributed by atoms with Crippen LogP contribution >= 0.6 is 0 Å². The van der Waals surface area contributed by atoms with Crippen LogP contribution in [0.4, 0.5) is 0 Å². The lowest BCUT2D eigenvalue weighted by atomic mass is 9.90. The molecule has 1 unspecified atom stereocenters. The first kappa shape index (κ1) is 16.3. The minimum absolute atomic E-state index is 0.0193. The number of hydrogen-bond acceptors (Lipinski definition) is 4. The molecule has 1 fully saturated rings. The van der Waals surface area contributed by atoms with Crippen LogP contribution < -0.4 is 15.8 Å². The first-order valence-electron chi connectivity index (χ1n) is 8.05. The highest BCUT2D eigenvalue weighted by Gasteiger charge is 2.31. The summed E-state index contributed by atoms with van der Waals surface area (Å²) < 4.78 is 5.73. The zero-order chi connectivity index (χ0) is 15.1. The minimum atomic E-state index is 0.0193. The molecule has 0 spiro atoms. The van der Waals surface area contributed by atoms with Gasteiger partial charge in [0.15, 0.2) is 0 Å². The molecule has 4 heteroatoms. The van der Waals surface area contributed by atoms with Crippen LogP contribution in [0.25, 0.3) is 0 Å². The van der Waals surface area contributed by atoms with Crippen LogP contribution in [0.5, 0.6) is 5.75 Å². The first-order chi connectivity index (χ1) is 10.2. The Morgan fingerprint density at radius 1 is 1.33 bits per heavy atom. The van der Waals surface area contributed by atoms with E-state index in [1.807, 2.05) is 6.07 Å². The SMILES string of the molecule is CCCOc1cccc(CC(C)(CN)N2CCNCC2)c1. The average Bonchev–Trinajstić information content (AvgIpc) is 2.54. The molecule has 1 saturated heterocycles. The van der Waals surface area contributed by atoms with Crippen molar-refractivity contribution in [3.8, 4) is 5.75 Å². The number of nitrogens with one attached hydrogen (secondary N) is 1. The fourth-order valence-corrected chi connectivity index (χ4v) is 2.92. The average molecular weight is 291 g/mol. The lowest BCUT2D eigenvalue weighted by Crippen LogP contribution is -2.59. The molecule has 0 amide bonds. The van der Waals surface area contributed by atoms with Crippen LogP contribution in [-0.4, -0.2) is 49.8 Å². The molecule has 1 heterocycles. The van der Waals surface area contributed by atoms with E-state index in [4.69, 9.17) is 10.5 Å². The molecule has 0 aromatic heterocycles. The Kier molecular flexibility index (Phi) is 6.03. The number of piperazine rings is 1. The van der Waals surface area contributed by atoms with Crippen molar-refractivity contribution in [2.45, 2.75) is 32.2 Å². The molecule has 1 aromatic carbocycles. The minimum Gasteiger partial charge on any atom is -0.494 e. The maximum Gasteiger partial charge on any atom is 0.119 e. The van der Waals surface area contributed by atoms with Crippen LogP contribution in [0.3, 0.4) is 0 Å². The van der Waals surface area contributed by atoms with Crippen molar-refractivity contribution in [3.05, 3.63) is 29.8 Å². The van der Waals surface area contributed by atoms with Crippen molar-refractivity contribution < 1.29 is 4.74 Å². The van der Waals surface area contributed by atoms with Crippen molar-refractivity contribution in [2.75, 3.05) is 39.3 Å². The Morgan fingerprint density at radius 2 is 2.10 bits per heavy atom. The molecular weight excluding hydrogens is 262 g/mol. The molecule has 1 aromatic rings. The van der Waals surface area contributed by atoms with Gasteiger partial charge >= 0.3 is 0 Å². The molecule has 0 bridgehead atoms. The molecule has 1 aliphatic rings. The molecule has 4 nitrogen and oxygen atoms in total. The lowest BCUT2D eigenvalue weighted by molar-refractivity contribution is 0.0945. The maximum atomic E-state index is 6.11. The largest absolute Gasteiger partial charge is 0.494 e. The van der Waals surface area contributed by atoms with Crippen LogP contribution in [0.2, 0.25) is 0 Å². The van der Waals surface area contributed by atoms with Gasteiger partial charge in [0.1, 0.15) is 5.75 Å². The second-order valence-electron chi connectivity index (χ2n) is 6.11. The van der Waals surface area contributed by atoms with E-state index in [2.05, 4.69) is 42.3 Å². The highest BCUT2D eigenvalue weighted by molar-refractivity contribution is 5.30. The number of nitrogens with two attached hydrogens (primary N) is 1. The fraction of sp³-hybridized carbons (Fsp3) is 0.647. The van der Waals surface area contributed by atoms with Crippen LogP contribution in [0, 0.1) is 0 Å². The third kappa shape index (κ3) is 4.43. The van der Waals surface area contributed by atoms with Crippen LogP contribution in [0.15, 0.2) is 24.3 Å². The van der Waals surface area contributed by atoms with E-state index in [9.17, 15) is 0 Å². The van der Waals surface area contributed by atoms with E-state index in [1.54, 1.807) is 0 Å². The van der Waals surface area contributed by atoms with E-state index in [0.717, 1.165) is 51.4 Å². The number of hydrogen-bond donors (Lipinski definition) is 2. The Hall–Kier alpha value is -1.10. The highest BCUT2D eigenvalue weighted by atomic mass is 16.5. The molecule has 2 rings (SSSR count). The van der Waals surface area contributed by atoms with Gasteiger partial charge in [0.2, 0.25) is 0 Å². The Morgan fingerprint density at radius 3 is 2.76 bits per heavy atom. The second kappa shape index (κ2) is 7.78. The van der Waals surface area contributed by atoms with Gasteiger partial charge in [0.25, 0.3) is 0 Å². The van der Waals surface area contributed by atoms with Crippen molar-refractivity contribution in [2.24, 2.45) is 5.73 Å². The summed E-state index contributed by atoms with van der Waals surface area (Å²) in [6.07, 6.45) is 2.00. The molecule has 1 atom stereocenters. The lowest BCUT2D eigenvalue weighted by Gasteiger charge is -2.43. The number of rotatable bonds is 7. The monoisotopic (exact) mass is 291 g/mol. The molecule has 0 aliphatic carbocycles. The van der Waals surface area contributed by atoms with Crippen LogP contribution in [-0.2, 0) is 6.42 Å². The number of nitrogens with zero attached hydrogens (tertiary/aromatic N) is 1. The Labute approximate surface area is 128 Å². The van der Waals surface area contributed by atoms with Crippen molar-refractivity contribution in [1.82, 2.24) is 10.2 Å². The van der Waals surface area contributed by atoms with Crippen LogP contribution in [0.1, 0.15) is 25.8 Å². The van der Waals surface area contributed by atoms with E-state index < -0.39 is 0 Å². The Bertz CT molecular complexity index is 432. The fourth-order valence-electron chi connectivity index (χ4n) is 2.92. The van der Waals surface area contributed by atoms with Gasteiger partial charge in [-0.2, -0.15) is 0 Å². The van der Waals surface area contributed by atoms with Gasteiger partial charge in [-0.3, -0.25) is 4.90 Å². The molecule has 118 valence electrons. The summed E-state index contributed by atoms with van der Waals surface area (Å²) in [7, 11) is 0. The van der Waals surface area contributed by atoms with Crippen molar-refractivity contribution >= 4 is 0 Å². The van der Waals surface area contributed by atoms with E-state index in [-0.39, 0.29) is 5.54 Å². The summed E-state index contributed by atoms with van der Waals surface area (Å²) in [6.45, 7) is 10.1. The predicted octanol–water partition coefficient (Wildman–Crippen LogP) is 1.64. The molecule has 1 aliphatic heterocycles. The smallest absolute Gasteiger partial charge is 0.119 e. The van der Waals surface area contributed by atoms with Gasteiger partial charge in [-0.05, 0) is 37.5 Å². The molecule has 0 saturated carbocycles. The summed E-state index contributed by atoms with van der Waals surface area (Å²) >= 11 is 0. The zero-order valence-electron chi connectivity index (χ0n) is 13.4. The normalized spacial score (nSPS) is 19.2. The molecule has 3 N–H and O–H groups in total. The summed E-state index contributed by atoms with van der Waals surface area (Å²) in [4.78, 5) is 2.52. The molecular formula is C17H29N3O. The van der Waals surface area contributed by atoms with Gasteiger partial charge in [0, 0.05) is 38.3 Å². The quantitative estimate of drug-likeness (QED) is 0.802. The maximum absolute atomic E-state index is 6.11. The Balaban J connectivity index is 2.06. The third-order valence-corrected chi connectivity index (χ3v) is 4.28. The van der Waals surface area contributed by atoms with Crippen molar-refractivity contribution in [3.63, 3.8) is 0 Å². The topological polar surface area (TPSA) is 50.5 Å². The number of benzene rings is 1. The number of ether oxygens (including phenoxy) is 1. The van der Waals surface area contributed by atoms with Gasteiger partial charge in [-0.25, -0.2) is 0 Å². The van der Waals surface area contributed by atoms with E-state index in [1.165, 1.54) is 5.56 Å². The van der Waals surface area contributed by atoms with Crippen molar-refractivity contribution in [1.29, 1.82) is 0 Å². The van der Waals surface area contributed by atoms with Gasteiger partial charge in [-0.1, -0.05) is 19.1 Å².